The second-order valence-electron chi connectivity index (χ2n) is 8.13. The Balaban J connectivity index is 1.89. The van der Waals surface area contributed by atoms with Gasteiger partial charge in [0, 0.05) is 19.5 Å². The number of hydrogen-bond acceptors (Lipinski definition) is 3. The maximum atomic E-state index is 12.4. The summed E-state index contributed by atoms with van der Waals surface area (Å²) in [5, 5.41) is 13.2. The second kappa shape index (κ2) is 6.57. The summed E-state index contributed by atoms with van der Waals surface area (Å²) in [6.45, 7) is 7.07. The van der Waals surface area contributed by atoms with E-state index in [9.17, 15) is 14.7 Å². The van der Waals surface area contributed by atoms with E-state index in [2.05, 4.69) is 5.32 Å². The lowest BCUT2D eigenvalue weighted by Gasteiger charge is -2.29. The lowest BCUT2D eigenvalue weighted by Crippen LogP contribution is -2.50. The van der Waals surface area contributed by atoms with Gasteiger partial charge in [0.2, 0.25) is 11.8 Å². The summed E-state index contributed by atoms with van der Waals surface area (Å²) >= 11 is 0. The van der Waals surface area contributed by atoms with Crippen molar-refractivity contribution in [1.29, 1.82) is 0 Å². The highest BCUT2D eigenvalue weighted by molar-refractivity contribution is 5.88. The summed E-state index contributed by atoms with van der Waals surface area (Å²) in [4.78, 5) is 26.5. The van der Waals surface area contributed by atoms with E-state index in [1.165, 1.54) is 0 Å². The van der Waals surface area contributed by atoms with Gasteiger partial charge >= 0.3 is 0 Å². The van der Waals surface area contributed by atoms with Crippen LogP contribution in [0.3, 0.4) is 0 Å². The molecule has 1 atom stereocenters. The van der Waals surface area contributed by atoms with E-state index in [1.807, 2.05) is 20.8 Å². The minimum absolute atomic E-state index is 0.0599. The Morgan fingerprint density at radius 3 is 2.45 bits per heavy atom. The standard InChI is InChI=1S/C17H30N2O3/c1-16(2,3)11-14(20)19-10-6-7-13(19)15(21)18-12-17(22)8-4-5-9-17/h13,22H,4-12H2,1-3H3,(H,18,21). The molecule has 22 heavy (non-hydrogen) atoms. The number of hydrogen-bond donors (Lipinski definition) is 2. The molecule has 2 N–H and O–H groups in total. The van der Waals surface area contributed by atoms with Crippen molar-refractivity contribution in [2.75, 3.05) is 13.1 Å². The molecule has 5 heteroatoms. The van der Waals surface area contributed by atoms with E-state index in [-0.39, 0.29) is 23.3 Å². The van der Waals surface area contributed by atoms with Crippen molar-refractivity contribution >= 4 is 11.8 Å². The fraction of sp³-hybridized carbons (Fsp3) is 0.882. The molecule has 0 radical (unpaired) electrons. The number of rotatable bonds is 4. The number of nitrogens with zero attached hydrogens (tertiary/aromatic N) is 1. The average molecular weight is 310 g/mol. The van der Waals surface area contributed by atoms with Crippen molar-refractivity contribution in [3.8, 4) is 0 Å². The zero-order valence-corrected chi connectivity index (χ0v) is 14.2. The lowest BCUT2D eigenvalue weighted by molar-refractivity contribution is -0.140. The number of likely N-dealkylation sites (tertiary alicyclic amines) is 1. The monoisotopic (exact) mass is 310 g/mol. The summed E-state index contributed by atoms with van der Waals surface area (Å²) in [7, 11) is 0. The highest BCUT2D eigenvalue weighted by atomic mass is 16.3. The molecule has 1 aliphatic heterocycles. The Morgan fingerprint density at radius 1 is 1.23 bits per heavy atom. The van der Waals surface area contributed by atoms with Crippen molar-refractivity contribution in [1.82, 2.24) is 10.2 Å². The van der Waals surface area contributed by atoms with Crippen LogP contribution >= 0.6 is 0 Å². The molecule has 2 amide bonds. The van der Waals surface area contributed by atoms with Crippen LogP contribution in [0, 0.1) is 5.41 Å². The molecule has 1 unspecified atom stereocenters. The van der Waals surface area contributed by atoms with E-state index in [4.69, 9.17) is 0 Å². The Kier molecular flexibility index (Phi) is 5.15. The van der Waals surface area contributed by atoms with Crippen LogP contribution in [0.25, 0.3) is 0 Å². The summed E-state index contributed by atoms with van der Waals surface area (Å²) in [5.41, 5.74) is -0.811. The fourth-order valence-corrected chi connectivity index (χ4v) is 3.47. The largest absolute Gasteiger partial charge is 0.388 e. The normalized spacial score (nSPS) is 24.5. The van der Waals surface area contributed by atoms with E-state index in [1.54, 1.807) is 4.90 Å². The SMILES string of the molecule is CC(C)(C)CC(=O)N1CCCC1C(=O)NCC1(O)CCCC1. The predicted octanol–water partition coefficient (Wildman–Crippen LogP) is 1.83. The van der Waals surface area contributed by atoms with Crippen LogP contribution in [-0.4, -0.2) is 46.6 Å². The van der Waals surface area contributed by atoms with Gasteiger partial charge in [-0.2, -0.15) is 0 Å². The molecule has 5 nitrogen and oxygen atoms in total. The van der Waals surface area contributed by atoms with Gasteiger partial charge in [0.15, 0.2) is 0 Å². The van der Waals surface area contributed by atoms with Crippen LogP contribution < -0.4 is 5.32 Å². The van der Waals surface area contributed by atoms with Gasteiger partial charge in [-0.25, -0.2) is 0 Å². The van der Waals surface area contributed by atoms with E-state index < -0.39 is 5.60 Å². The summed E-state index contributed by atoms with van der Waals surface area (Å²) in [6.07, 6.45) is 5.60. The number of nitrogens with one attached hydrogen (secondary N) is 1. The van der Waals surface area contributed by atoms with Gasteiger partial charge in [0.25, 0.3) is 0 Å². The summed E-state index contributed by atoms with van der Waals surface area (Å²) < 4.78 is 0. The van der Waals surface area contributed by atoms with Crippen LogP contribution in [-0.2, 0) is 9.59 Å². The first-order valence-electron chi connectivity index (χ1n) is 8.50. The van der Waals surface area contributed by atoms with Gasteiger partial charge in [0.1, 0.15) is 6.04 Å². The molecule has 0 aromatic rings. The highest BCUT2D eigenvalue weighted by Crippen LogP contribution is 2.29. The molecule has 0 aromatic carbocycles. The molecule has 0 aromatic heterocycles. The second-order valence-corrected chi connectivity index (χ2v) is 8.13. The third-order valence-corrected chi connectivity index (χ3v) is 4.68. The third-order valence-electron chi connectivity index (χ3n) is 4.68. The lowest BCUT2D eigenvalue weighted by atomic mass is 9.91. The van der Waals surface area contributed by atoms with Crippen LogP contribution in [0.15, 0.2) is 0 Å². The minimum Gasteiger partial charge on any atom is -0.388 e. The number of amides is 2. The molecular weight excluding hydrogens is 280 g/mol. The van der Waals surface area contributed by atoms with Crippen LogP contribution in [0.5, 0.6) is 0 Å². The van der Waals surface area contributed by atoms with Crippen molar-refractivity contribution < 1.29 is 14.7 Å². The molecule has 0 bridgehead atoms. The van der Waals surface area contributed by atoms with Gasteiger partial charge < -0.3 is 15.3 Å². The first kappa shape index (κ1) is 17.3. The average Bonchev–Trinajstić information content (AvgIpc) is 3.03. The van der Waals surface area contributed by atoms with Gasteiger partial charge in [-0.1, -0.05) is 33.6 Å². The van der Waals surface area contributed by atoms with Gasteiger partial charge in [0.05, 0.1) is 5.60 Å². The summed E-state index contributed by atoms with van der Waals surface area (Å²) in [6, 6.07) is -0.361. The van der Waals surface area contributed by atoms with E-state index in [0.29, 0.717) is 19.5 Å². The molecule has 2 fully saturated rings. The molecule has 0 spiro atoms. The molecule has 1 aliphatic carbocycles. The van der Waals surface area contributed by atoms with E-state index >= 15 is 0 Å². The minimum atomic E-state index is -0.742. The Hall–Kier alpha value is -1.10. The molecule has 1 saturated heterocycles. The fourth-order valence-electron chi connectivity index (χ4n) is 3.47. The number of carbonyl (C=O) groups is 2. The Labute approximate surface area is 133 Å². The number of carbonyl (C=O) groups excluding carboxylic acids is 2. The molecule has 1 heterocycles. The smallest absolute Gasteiger partial charge is 0.242 e. The quantitative estimate of drug-likeness (QED) is 0.832. The van der Waals surface area contributed by atoms with Crippen molar-refractivity contribution in [2.24, 2.45) is 5.41 Å². The predicted molar refractivity (Wildman–Crippen MR) is 85.2 cm³/mol. The zero-order chi connectivity index (χ0) is 16.4. The molecule has 2 rings (SSSR count). The Morgan fingerprint density at radius 2 is 1.86 bits per heavy atom. The van der Waals surface area contributed by atoms with Crippen LogP contribution in [0.2, 0.25) is 0 Å². The van der Waals surface area contributed by atoms with Crippen LogP contribution in [0.1, 0.15) is 65.7 Å². The number of aliphatic hydroxyl groups is 1. The maximum Gasteiger partial charge on any atom is 0.242 e. The molecule has 2 aliphatic rings. The van der Waals surface area contributed by atoms with Gasteiger partial charge in [-0.15, -0.1) is 0 Å². The molecular formula is C17H30N2O3. The third kappa shape index (κ3) is 4.45. The molecule has 1 saturated carbocycles. The first-order chi connectivity index (χ1) is 10.2. The molecule has 126 valence electrons. The van der Waals surface area contributed by atoms with Crippen molar-refractivity contribution in [3.05, 3.63) is 0 Å². The topological polar surface area (TPSA) is 69.6 Å². The van der Waals surface area contributed by atoms with Gasteiger partial charge in [-0.05, 0) is 31.1 Å². The zero-order valence-electron chi connectivity index (χ0n) is 14.2. The highest BCUT2D eigenvalue weighted by Gasteiger charge is 2.37. The van der Waals surface area contributed by atoms with Crippen molar-refractivity contribution in [2.45, 2.75) is 77.4 Å². The van der Waals surface area contributed by atoms with Crippen LogP contribution in [0.4, 0.5) is 0 Å². The van der Waals surface area contributed by atoms with Crippen molar-refractivity contribution in [3.63, 3.8) is 0 Å². The summed E-state index contributed by atoms with van der Waals surface area (Å²) in [5.74, 6) is -0.0511. The van der Waals surface area contributed by atoms with Gasteiger partial charge in [-0.3, -0.25) is 9.59 Å². The Bertz CT molecular complexity index is 422. The maximum absolute atomic E-state index is 12.4. The first-order valence-corrected chi connectivity index (χ1v) is 8.50. The van der Waals surface area contributed by atoms with E-state index in [0.717, 1.165) is 38.5 Å².